The van der Waals surface area contributed by atoms with Crippen LogP contribution < -0.4 is 18.9 Å². The topological polar surface area (TPSA) is 85.7 Å². The van der Waals surface area contributed by atoms with Gasteiger partial charge in [-0.05, 0) is 30.2 Å². The van der Waals surface area contributed by atoms with Crippen molar-refractivity contribution in [2.45, 2.75) is 57.9 Å². The molecule has 0 bridgehead atoms. The average Bonchev–Trinajstić information content (AvgIpc) is 2.78. The van der Waals surface area contributed by atoms with Gasteiger partial charge in [0, 0.05) is 10.5 Å². The summed E-state index contributed by atoms with van der Waals surface area (Å²) in [6, 6.07) is 5.21. The molecule has 30 heavy (non-hydrogen) atoms. The number of benzene rings is 2. The second kappa shape index (κ2) is 12.0. The number of ether oxygens (including phenoxy) is 4. The highest BCUT2D eigenvalue weighted by Crippen LogP contribution is 2.48. The lowest BCUT2D eigenvalue weighted by Crippen LogP contribution is -2.03. The number of unbranched alkanes of at least 4 members (excludes halogenated alkanes) is 5. The first-order valence-corrected chi connectivity index (χ1v) is 10.5. The second-order valence-corrected chi connectivity index (χ2v) is 7.20. The number of fused-ring (bicyclic) bond motifs is 1. The highest BCUT2D eigenvalue weighted by atomic mass is 16.5. The molecule has 0 aliphatic rings. The summed E-state index contributed by atoms with van der Waals surface area (Å²) in [4.78, 5) is 3.10. The average molecular weight is 416 g/mol. The second-order valence-electron chi connectivity index (χ2n) is 7.20. The van der Waals surface area contributed by atoms with Crippen LogP contribution in [0.1, 0.15) is 63.5 Å². The van der Waals surface area contributed by atoms with Gasteiger partial charge in [0.15, 0.2) is 0 Å². The predicted octanol–water partition coefficient (Wildman–Crippen LogP) is 6.98. The molecule has 0 N–H and O–H groups in total. The maximum atomic E-state index is 9.20. The third-order valence-electron chi connectivity index (χ3n) is 5.40. The van der Waals surface area contributed by atoms with Gasteiger partial charge in [-0.2, -0.15) is 0 Å². The van der Waals surface area contributed by atoms with Crippen molar-refractivity contribution in [1.82, 2.24) is 0 Å². The van der Waals surface area contributed by atoms with E-state index in [1.54, 1.807) is 28.4 Å². The molecule has 0 spiro atoms. The summed E-state index contributed by atoms with van der Waals surface area (Å²) in [7, 11) is 6.45. The molecule has 0 heterocycles. The molecule has 0 aromatic heterocycles. The van der Waals surface area contributed by atoms with Crippen molar-refractivity contribution in [1.29, 1.82) is 0 Å². The Morgan fingerprint density at radius 1 is 0.833 bits per heavy atom. The van der Waals surface area contributed by atoms with Crippen LogP contribution in [0, 0.1) is 0 Å². The minimum Gasteiger partial charge on any atom is -0.496 e. The van der Waals surface area contributed by atoms with E-state index in [4.69, 9.17) is 18.9 Å². The molecule has 2 rings (SSSR count). The Bertz CT molecular complexity index is 879. The van der Waals surface area contributed by atoms with Crippen molar-refractivity contribution in [2.24, 2.45) is 5.11 Å². The van der Waals surface area contributed by atoms with E-state index < -0.39 is 0 Å². The maximum absolute atomic E-state index is 9.20. The van der Waals surface area contributed by atoms with Crippen molar-refractivity contribution in [3.8, 4) is 23.0 Å². The zero-order valence-electron chi connectivity index (χ0n) is 18.7. The number of nitrogens with zero attached hydrogens (tertiary/aromatic N) is 3. The number of hydrogen-bond acceptors (Lipinski definition) is 5. The van der Waals surface area contributed by atoms with Crippen molar-refractivity contribution >= 4 is 10.8 Å². The highest BCUT2D eigenvalue weighted by molar-refractivity contribution is 6.03. The third kappa shape index (κ3) is 5.22. The molecule has 7 heteroatoms. The van der Waals surface area contributed by atoms with Crippen LogP contribution in [0.15, 0.2) is 23.3 Å². The summed E-state index contributed by atoms with van der Waals surface area (Å²) >= 11 is 0. The molecule has 7 nitrogen and oxygen atoms in total. The van der Waals surface area contributed by atoms with E-state index in [-0.39, 0.29) is 6.04 Å². The van der Waals surface area contributed by atoms with Crippen LogP contribution in [-0.2, 0) is 0 Å². The predicted molar refractivity (Wildman–Crippen MR) is 120 cm³/mol. The van der Waals surface area contributed by atoms with Crippen molar-refractivity contribution < 1.29 is 18.9 Å². The van der Waals surface area contributed by atoms with E-state index >= 15 is 0 Å². The summed E-state index contributed by atoms with van der Waals surface area (Å²) in [6.45, 7) is 2.21. The SMILES string of the molecule is CCCCCCCCC(N=[N+]=[N-])c1cc(OC)c2c(OC)ccc(OC)c2c1OC. The molecule has 164 valence electrons. The van der Waals surface area contributed by atoms with Gasteiger partial charge >= 0.3 is 0 Å². The lowest BCUT2D eigenvalue weighted by molar-refractivity contribution is 0.386. The van der Waals surface area contributed by atoms with Gasteiger partial charge in [-0.3, -0.25) is 0 Å². The quantitative estimate of drug-likeness (QED) is 0.153. The molecule has 0 saturated carbocycles. The molecule has 0 fully saturated rings. The van der Waals surface area contributed by atoms with E-state index in [2.05, 4.69) is 16.9 Å². The monoisotopic (exact) mass is 415 g/mol. The van der Waals surface area contributed by atoms with Crippen molar-refractivity contribution in [3.05, 3.63) is 34.2 Å². The largest absolute Gasteiger partial charge is 0.496 e. The van der Waals surface area contributed by atoms with E-state index in [9.17, 15) is 5.53 Å². The zero-order valence-corrected chi connectivity index (χ0v) is 18.7. The fourth-order valence-corrected chi connectivity index (χ4v) is 3.88. The van der Waals surface area contributed by atoms with E-state index in [1.807, 2.05) is 18.2 Å². The number of methoxy groups -OCH3 is 4. The molecule has 2 aromatic carbocycles. The molecular formula is C23H33N3O4. The number of azide groups is 1. The van der Waals surface area contributed by atoms with Gasteiger partial charge in [0.2, 0.25) is 0 Å². The van der Waals surface area contributed by atoms with Crippen LogP contribution >= 0.6 is 0 Å². The summed E-state index contributed by atoms with van der Waals surface area (Å²) in [5.41, 5.74) is 9.99. The Labute approximate surface area is 178 Å². The van der Waals surface area contributed by atoms with Gasteiger partial charge in [-0.1, -0.05) is 50.6 Å². The van der Waals surface area contributed by atoms with E-state index in [0.29, 0.717) is 23.0 Å². The highest BCUT2D eigenvalue weighted by Gasteiger charge is 2.24. The lowest BCUT2D eigenvalue weighted by atomic mass is 9.94. The van der Waals surface area contributed by atoms with Gasteiger partial charge in [0.25, 0.3) is 0 Å². The first-order chi connectivity index (χ1) is 14.7. The van der Waals surface area contributed by atoms with E-state index in [1.165, 1.54) is 25.7 Å². The normalized spacial score (nSPS) is 11.6. The molecule has 0 radical (unpaired) electrons. The van der Waals surface area contributed by atoms with Gasteiger partial charge in [-0.15, -0.1) is 0 Å². The van der Waals surface area contributed by atoms with E-state index in [0.717, 1.165) is 35.6 Å². The van der Waals surface area contributed by atoms with Crippen LogP contribution in [-0.4, -0.2) is 28.4 Å². The summed E-state index contributed by atoms with van der Waals surface area (Å²) < 4.78 is 22.7. The minimum absolute atomic E-state index is 0.356. The molecule has 0 aliphatic carbocycles. The molecule has 1 atom stereocenters. The molecule has 1 unspecified atom stereocenters. The van der Waals surface area contributed by atoms with Crippen LogP contribution in [0.5, 0.6) is 23.0 Å². The van der Waals surface area contributed by atoms with Gasteiger partial charge in [0.05, 0.1) is 45.3 Å². The van der Waals surface area contributed by atoms with Gasteiger partial charge in [-0.25, -0.2) is 0 Å². The first-order valence-electron chi connectivity index (χ1n) is 10.5. The summed E-state index contributed by atoms with van der Waals surface area (Å²) in [5, 5.41) is 5.60. The smallest absolute Gasteiger partial charge is 0.134 e. The molecule has 2 aromatic rings. The Morgan fingerprint density at radius 2 is 1.43 bits per heavy atom. The van der Waals surface area contributed by atoms with Gasteiger partial charge < -0.3 is 18.9 Å². The summed E-state index contributed by atoms with van der Waals surface area (Å²) in [6.07, 6.45) is 7.76. The van der Waals surface area contributed by atoms with Crippen LogP contribution in [0.3, 0.4) is 0 Å². The molecule has 0 saturated heterocycles. The van der Waals surface area contributed by atoms with Crippen LogP contribution in [0.2, 0.25) is 0 Å². The standard InChI is InChI=1S/C23H33N3O4/c1-6-7-8-9-10-11-12-17(25-26-24)16-15-20(29-4)21-18(27-2)13-14-19(28-3)22(21)23(16)30-5/h13-15,17H,6-12H2,1-5H3. The summed E-state index contributed by atoms with van der Waals surface area (Å²) in [5.74, 6) is 2.54. The van der Waals surface area contributed by atoms with Crippen LogP contribution in [0.25, 0.3) is 21.2 Å². The van der Waals surface area contributed by atoms with Crippen molar-refractivity contribution in [3.63, 3.8) is 0 Å². The Morgan fingerprint density at radius 3 is 2.00 bits per heavy atom. The number of hydrogen-bond donors (Lipinski definition) is 0. The molecule has 0 amide bonds. The zero-order chi connectivity index (χ0) is 21.9. The minimum atomic E-state index is -0.356. The lowest BCUT2D eigenvalue weighted by Gasteiger charge is -2.21. The third-order valence-corrected chi connectivity index (χ3v) is 5.40. The fourth-order valence-electron chi connectivity index (χ4n) is 3.88. The Kier molecular flexibility index (Phi) is 9.42. The first kappa shape index (κ1) is 23.5. The van der Waals surface area contributed by atoms with Crippen molar-refractivity contribution in [2.75, 3.05) is 28.4 Å². The maximum Gasteiger partial charge on any atom is 0.134 e. The van der Waals surface area contributed by atoms with Crippen LogP contribution in [0.4, 0.5) is 0 Å². The Hall–Kier alpha value is -2.79. The fraction of sp³-hybridized carbons (Fsp3) is 0.565. The molecular weight excluding hydrogens is 382 g/mol. The number of rotatable bonds is 13. The molecule has 0 aliphatic heterocycles. The van der Waals surface area contributed by atoms with Gasteiger partial charge in [0.1, 0.15) is 23.0 Å². The Balaban J connectivity index is 2.53.